The predicted molar refractivity (Wildman–Crippen MR) is 116 cm³/mol. The standard InChI is InChI=1S/C24H37N3O2/c1-6-17(7-2)13-20(26)22-19(15-25)14-21(23(28)29-24(3,4)5)27(22)16-18-11-9-8-10-12-18/h8-12,17,19-22H,6-7,13-14,16,26H2,1-5H3/t19-,20-,21+,22+/m0/s1. The van der Waals surface area contributed by atoms with E-state index in [1.165, 1.54) is 0 Å². The predicted octanol–water partition coefficient (Wildman–Crippen LogP) is 4.26. The Balaban J connectivity index is 2.33. The van der Waals surface area contributed by atoms with Crippen molar-refractivity contribution in [2.75, 3.05) is 0 Å². The molecule has 1 heterocycles. The third-order valence-corrected chi connectivity index (χ3v) is 5.92. The summed E-state index contributed by atoms with van der Waals surface area (Å²) in [7, 11) is 0. The lowest BCUT2D eigenvalue weighted by Crippen LogP contribution is -2.51. The third kappa shape index (κ3) is 6.29. The SMILES string of the molecule is CCC(CC)C[C@H](N)[C@H]1[C@H](C#N)C[C@H](C(=O)OC(C)(C)C)N1Cc1ccccc1. The minimum absolute atomic E-state index is 0.152. The topological polar surface area (TPSA) is 79.3 Å². The van der Waals surface area contributed by atoms with E-state index in [1.807, 2.05) is 39.0 Å². The Kier molecular flexibility index (Phi) is 8.24. The van der Waals surface area contributed by atoms with Crippen LogP contribution in [0, 0.1) is 23.2 Å². The fourth-order valence-corrected chi connectivity index (χ4v) is 4.39. The molecule has 0 unspecified atom stereocenters. The van der Waals surface area contributed by atoms with Crippen LogP contribution in [-0.2, 0) is 16.1 Å². The van der Waals surface area contributed by atoms with E-state index in [0.29, 0.717) is 18.9 Å². The van der Waals surface area contributed by atoms with Gasteiger partial charge in [0.1, 0.15) is 11.6 Å². The molecule has 5 nitrogen and oxygen atoms in total. The highest BCUT2D eigenvalue weighted by atomic mass is 16.6. The molecule has 0 radical (unpaired) electrons. The number of ether oxygens (including phenoxy) is 1. The molecule has 1 aliphatic heterocycles. The highest BCUT2D eigenvalue weighted by molar-refractivity contribution is 5.77. The zero-order chi connectivity index (χ0) is 21.6. The van der Waals surface area contributed by atoms with Crippen LogP contribution in [0.4, 0.5) is 0 Å². The van der Waals surface area contributed by atoms with Gasteiger partial charge in [-0.1, -0.05) is 57.0 Å². The minimum atomic E-state index is -0.562. The lowest BCUT2D eigenvalue weighted by atomic mass is 9.87. The smallest absolute Gasteiger partial charge is 0.323 e. The third-order valence-electron chi connectivity index (χ3n) is 5.92. The summed E-state index contributed by atoms with van der Waals surface area (Å²) < 4.78 is 5.70. The Hall–Kier alpha value is -1.90. The van der Waals surface area contributed by atoms with Crippen LogP contribution in [0.2, 0.25) is 0 Å². The van der Waals surface area contributed by atoms with Crippen molar-refractivity contribution in [1.29, 1.82) is 5.26 Å². The number of hydrogen-bond donors (Lipinski definition) is 1. The van der Waals surface area contributed by atoms with Crippen LogP contribution in [0.15, 0.2) is 30.3 Å². The second kappa shape index (κ2) is 10.2. The molecule has 1 aliphatic rings. The van der Waals surface area contributed by atoms with Gasteiger partial charge in [-0.05, 0) is 45.1 Å². The van der Waals surface area contributed by atoms with Gasteiger partial charge in [0, 0.05) is 18.6 Å². The van der Waals surface area contributed by atoms with Gasteiger partial charge in [0.15, 0.2) is 0 Å². The molecule has 1 aromatic rings. The van der Waals surface area contributed by atoms with Crippen molar-refractivity contribution >= 4 is 5.97 Å². The molecule has 1 saturated heterocycles. The summed E-state index contributed by atoms with van der Waals surface area (Å²) in [6, 6.07) is 11.8. The van der Waals surface area contributed by atoms with Crippen molar-refractivity contribution in [2.45, 2.75) is 90.6 Å². The molecule has 0 bridgehead atoms. The average molecular weight is 400 g/mol. The molecule has 0 amide bonds. The van der Waals surface area contributed by atoms with Gasteiger partial charge < -0.3 is 10.5 Å². The number of carbonyl (C=O) groups is 1. The van der Waals surface area contributed by atoms with Gasteiger partial charge in [-0.15, -0.1) is 0 Å². The van der Waals surface area contributed by atoms with Crippen molar-refractivity contribution in [1.82, 2.24) is 4.90 Å². The summed E-state index contributed by atoms with van der Waals surface area (Å²) in [6.07, 6.45) is 3.48. The Labute approximate surface area is 176 Å². The Bertz CT molecular complexity index is 688. The van der Waals surface area contributed by atoms with Crippen molar-refractivity contribution < 1.29 is 9.53 Å². The number of hydrogen-bond acceptors (Lipinski definition) is 5. The Morgan fingerprint density at radius 1 is 1.28 bits per heavy atom. The first-order valence-corrected chi connectivity index (χ1v) is 10.9. The lowest BCUT2D eigenvalue weighted by Gasteiger charge is -2.35. The van der Waals surface area contributed by atoms with Crippen LogP contribution in [0.25, 0.3) is 0 Å². The molecule has 1 aromatic carbocycles. The summed E-state index contributed by atoms with van der Waals surface area (Å²) in [6.45, 7) is 10.6. The fourth-order valence-electron chi connectivity index (χ4n) is 4.39. The van der Waals surface area contributed by atoms with Gasteiger partial charge in [-0.2, -0.15) is 5.26 Å². The monoisotopic (exact) mass is 399 g/mol. The molecule has 160 valence electrons. The number of carbonyl (C=O) groups excluding carboxylic acids is 1. The van der Waals surface area contributed by atoms with Crippen LogP contribution in [0.3, 0.4) is 0 Å². The summed E-state index contributed by atoms with van der Waals surface area (Å²) in [5, 5.41) is 9.87. The van der Waals surface area contributed by atoms with Crippen molar-refractivity contribution in [2.24, 2.45) is 17.6 Å². The van der Waals surface area contributed by atoms with E-state index < -0.39 is 11.6 Å². The van der Waals surface area contributed by atoms with Gasteiger partial charge in [0.2, 0.25) is 0 Å². The highest BCUT2D eigenvalue weighted by Crippen LogP contribution is 2.36. The maximum absolute atomic E-state index is 13.0. The first-order chi connectivity index (χ1) is 13.7. The number of nitrogens with zero attached hydrogens (tertiary/aromatic N) is 2. The van der Waals surface area contributed by atoms with Crippen LogP contribution in [0.1, 0.15) is 65.9 Å². The molecule has 0 aromatic heterocycles. The molecule has 2 N–H and O–H groups in total. The van der Waals surface area contributed by atoms with Crippen LogP contribution in [-0.4, -0.2) is 34.6 Å². The number of likely N-dealkylation sites (tertiary alicyclic amines) is 1. The zero-order valence-corrected chi connectivity index (χ0v) is 18.6. The van der Waals surface area contributed by atoms with E-state index >= 15 is 0 Å². The number of benzene rings is 1. The summed E-state index contributed by atoms with van der Waals surface area (Å²) in [5.41, 5.74) is 7.23. The van der Waals surface area contributed by atoms with E-state index in [-0.39, 0.29) is 24.0 Å². The molecule has 0 saturated carbocycles. The van der Waals surface area contributed by atoms with Crippen LogP contribution >= 0.6 is 0 Å². The van der Waals surface area contributed by atoms with Crippen molar-refractivity contribution in [3.8, 4) is 6.07 Å². The molecule has 5 heteroatoms. The first kappa shape index (κ1) is 23.4. The number of rotatable bonds is 8. The minimum Gasteiger partial charge on any atom is -0.459 e. The van der Waals surface area contributed by atoms with Gasteiger partial charge >= 0.3 is 5.97 Å². The zero-order valence-electron chi connectivity index (χ0n) is 18.6. The number of esters is 1. The van der Waals surface area contributed by atoms with E-state index in [0.717, 1.165) is 24.8 Å². The maximum atomic E-state index is 13.0. The summed E-state index contributed by atoms with van der Waals surface area (Å²) in [5.74, 6) is -0.00463. The van der Waals surface area contributed by atoms with Crippen LogP contribution < -0.4 is 5.73 Å². The van der Waals surface area contributed by atoms with Crippen molar-refractivity contribution in [3.05, 3.63) is 35.9 Å². The highest BCUT2D eigenvalue weighted by Gasteiger charge is 2.48. The summed E-state index contributed by atoms with van der Waals surface area (Å²) in [4.78, 5) is 15.1. The van der Waals surface area contributed by atoms with E-state index in [2.05, 4.69) is 36.9 Å². The lowest BCUT2D eigenvalue weighted by molar-refractivity contribution is -0.161. The molecule has 0 aliphatic carbocycles. The quantitative estimate of drug-likeness (QED) is 0.661. The number of nitriles is 1. The van der Waals surface area contributed by atoms with Gasteiger partial charge in [-0.25, -0.2) is 0 Å². The Morgan fingerprint density at radius 2 is 1.90 bits per heavy atom. The summed E-state index contributed by atoms with van der Waals surface area (Å²) >= 11 is 0. The number of nitrogens with two attached hydrogens (primary N) is 1. The van der Waals surface area contributed by atoms with Gasteiger partial charge in [0.05, 0.1) is 12.0 Å². The first-order valence-electron chi connectivity index (χ1n) is 10.9. The molecule has 4 atom stereocenters. The average Bonchev–Trinajstić information content (AvgIpc) is 3.04. The van der Waals surface area contributed by atoms with Gasteiger partial charge in [-0.3, -0.25) is 9.69 Å². The largest absolute Gasteiger partial charge is 0.459 e. The normalized spacial score (nSPS) is 23.7. The maximum Gasteiger partial charge on any atom is 0.323 e. The van der Waals surface area contributed by atoms with E-state index in [1.54, 1.807) is 0 Å². The molecule has 29 heavy (non-hydrogen) atoms. The molecular weight excluding hydrogens is 362 g/mol. The second-order valence-electron chi connectivity index (χ2n) is 9.25. The Morgan fingerprint density at radius 3 is 2.41 bits per heavy atom. The van der Waals surface area contributed by atoms with Crippen LogP contribution in [0.5, 0.6) is 0 Å². The molecule has 1 fully saturated rings. The van der Waals surface area contributed by atoms with E-state index in [9.17, 15) is 10.1 Å². The second-order valence-corrected chi connectivity index (χ2v) is 9.25. The molecular formula is C24H37N3O2. The fraction of sp³-hybridized carbons (Fsp3) is 0.667. The van der Waals surface area contributed by atoms with E-state index in [4.69, 9.17) is 10.5 Å². The van der Waals surface area contributed by atoms with Crippen molar-refractivity contribution in [3.63, 3.8) is 0 Å². The molecule has 2 rings (SSSR count). The molecule has 0 spiro atoms. The van der Waals surface area contributed by atoms with Gasteiger partial charge in [0.25, 0.3) is 0 Å².